The van der Waals surface area contributed by atoms with Gasteiger partial charge in [0.1, 0.15) is 11.5 Å². The highest BCUT2D eigenvalue weighted by molar-refractivity contribution is 7.71. The lowest BCUT2D eigenvalue weighted by Gasteiger charge is -2.19. The number of nitrogens with one attached hydrogen (secondary N) is 3. The standard InChI is InChI=1S/C28H30N4O4S/c1-5-29-27(33)35-24-15-25(36-28(34)30-6-2)21(14-20(24)17(3)4)23-16-31-26(37)32(23)22-13-9-11-18-10-7-8-12-19(18)22/h7-17H,5-6H2,1-4H3,(H,29,33)(H,30,34)(H,31,37). The number of hydrogen-bond acceptors (Lipinski definition) is 5. The molecule has 1 aromatic heterocycles. The summed E-state index contributed by atoms with van der Waals surface area (Å²) in [5, 5.41) is 7.38. The minimum atomic E-state index is -0.615. The van der Waals surface area contributed by atoms with E-state index in [0.29, 0.717) is 34.9 Å². The first-order valence-corrected chi connectivity index (χ1v) is 12.6. The van der Waals surface area contributed by atoms with Gasteiger partial charge in [-0.3, -0.25) is 4.57 Å². The van der Waals surface area contributed by atoms with Crippen molar-refractivity contribution >= 4 is 35.2 Å². The van der Waals surface area contributed by atoms with Crippen LogP contribution >= 0.6 is 12.2 Å². The Labute approximate surface area is 220 Å². The molecule has 8 nitrogen and oxygen atoms in total. The molecule has 192 valence electrons. The normalized spacial score (nSPS) is 10.9. The van der Waals surface area contributed by atoms with E-state index in [9.17, 15) is 9.59 Å². The van der Waals surface area contributed by atoms with Gasteiger partial charge in [0.25, 0.3) is 0 Å². The summed E-state index contributed by atoms with van der Waals surface area (Å²) in [6.07, 6.45) is 0.593. The maximum absolute atomic E-state index is 12.5. The lowest BCUT2D eigenvalue weighted by Crippen LogP contribution is -2.27. The van der Waals surface area contributed by atoms with E-state index in [1.54, 1.807) is 19.2 Å². The van der Waals surface area contributed by atoms with Crippen LogP contribution in [0.3, 0.4) is 0 Å². The number of benzene rings is 3. The Kier molecular flexibility index (Phi) is 7.93. The minimum absolute atomic E-state index is 0.00890. The second kappa shape index (κ2) is 11.3. The molecule has 4 rings (SSSR count). The number of imidazole rings is 1. The average Bonchev–Trinajstić information content (AvgIpc) is 3.24. The highest BCUT2D eigenvalue weighted by atomic mass is 32.1. The van der Waals surface area contributed by atoms with E-state index in [1.807, 2.05) is 73.9 Å². The summed E-state index contributed by atoms with van der Waals surface area (Å²) in [7, 11) is 0. The first-order valence-electron chi connectivity index (χ1n) is 12.2. The van der Waals surface area contributed by atoms with E-state index in [4.69, 9.17) is 21.7 Å². The van der Waals surface area contributed by atoms with Crippen LogP contribution in [0.1, 0.15) is 39.2 Å². The maximum Gasteiger partial charge on any atom is 0.412 e. The van der Waals surface area contributed by atoms with Crippen LogP contribution in [-0.2, 0) is 0 Å². The molecule has 2 amide bonds. The Morgan fingerprint density at radius 2 is 1.59 bits per heavy atom. The van der Waals surface area contributed by atoms with Crippen molar-refractivity contribution < 1.29 is 19.1 Å². The van der Waals surface area contributed by atoms with Crippen LogP contribution in [-0.4, -0.2) is 34.8 Å². The molecule has 0 bridgehead atoms. The van der Waals surface area contributed by atoms with E-state index in [-0.39, 0.29) is 11.7 Å². The summed E-state index contributed by atoms with van der Waals surface area (Å²) in [5.74, 6) is 0.557. The molecule has 0 saturated heterocycles. The zero-order chi connectivity index (χ0) is 26.5. The third-order valence-corrected chi connectivity index (χ3v) is 6.14. The molecule has 0 radical (unpaired) electrons. The summed E-state index contributed by atoms with van der Waals surface area (Å²) >= 11 is 5.70. The molecule has 0 unspecified atom stereocenters. The number of carbonyl (C=O) groups is 2. The van der Waals surface area contributed by atoms with Crippen LogP contribution < -0.4 is 20.1 Å². The van der Waals surface area contributed by atoms with Crippen molar-refractivity contribution in [2.45, 2.75) is 33.6 Å². The van der Waals surface area contributed by atoms with Gasteiger partial charge in [-0.25, -0.2) is 9.59 Å². The number of ether oxygens (including phenoxy) is 2. The predicted octanol–water partition coefficient (Wildman–Crippen LogP) is 6.70. The SMILES string of the molecule is CCNC(=O)Oc1cc(OC(=O)NCC)c(C(C)C)cc1-c1c[nH]c(=S)n1-c1cccc2ccccc12. The Balaban J connectivity index is 1.96. The highest BCUT2D eigenvalue weighted by Crippen LogP contribution is 2.40. The number of rotatable bonds is 7. The lowest BCUT2D eigenvalue weighted by molar-refractivity contribution is 0.199. The van der Waals surface area contributed by atoms with Gasteiger partial charge in [-0.2, -0.15) is 0 Å². The van der Waals surface area contributed by atoms with Gasteiger partial charge in [-0.05, 0) is 55.1 Å². The Morgan fingerprint density at radius 1 is 0.946 bits per heavy atom. The molecule has 0 fully saturated rings. The van der Waals surface area contributed by atoms with Gasteiger partial charge < -0.3 is 25.1 Å². The van der Waals surface area contributed by atoms with E-state index < -0.39 is 12.2 Å². The van der Waals surface area contributed by atoms with Crippen LogP contribution in [0.5, 0.6) is 11.5 Å². The fraction of sp³-hybridized carbons (Fsp3) is 0.250. The third kappa shape index (κ3) is 5.51. The molecule has 37 heavy (non-hydrogen) atoms. The van der Waals surface area contributed by atoms with E-state index in [2.05, 4.69) is 15.6 Å². The molecule has 1 heterocycles. The van der Waals surface area contributed by atoms with Crippen LogP contribution in [0.15, 0.2) is 60.8 Å². The van der Waals surface area contributed by atoms with Gasteiger partial charge in [-0.1, -0.05) is 50.2 Å². The Bertz CT molecular complexity index is 1500. The van der Waals surface area contributed by atoms with Crippen molar-refractivity contribution in [2.75, 3.05) is 13.1 Å². The zero-order valence-corrected chi connectivity index (χ0v) is 22.1. The molecule has 3 N–H and O–H groups in total. The Hall–Kier alpha value is -4.11. The van der Waals surface area contributed by atoms with Crippen LogP contribution in [0.4, 0.5) is 9.59 Å². The highest BCUT2D eigenvalue weighted by Gasteiger charge is 2.23. The Morgan fingerprint density at radius 3 is 2.27 bits per heavy atom. The molecule has 0 aliphatic rings. The van der Waals surface area contributed by atoms with Gasteiger partial charge in [0.15, 0.2) is 4.77 Å². The average molecular weight is 519 g/mol. The molecule has 3 aromatic carbocycles. The summed E-state index contributed by atoms with van der Waals surface area (Å²) in [6, 6.07) is 17.5. The second-order valence-electron chi connectivity index (χ2n) is 8.69. The summed E-state index contributed by atoms with van der Waals surface area (Å²) in [5.41, 5.74) is 2.99. The molecule has 4 aromatic rings. The topological polar surface area (TPSA) is 97.4 Å². The maximum atomic E-state index is 12.5. The first kappa shape index (κ1) is 26.0. The molecule has 9 heteroatoms. The molecular weight excluding hydrogens is 488 g/mol. The molecule has 0 saturated carbocycles. The minimum Gasteiger partial charge on any atom is -0.410 e. The van der Waals surface area contributed by atoms with Gasteiger partial charge in [0.05, 0.1) is 11.4 Å². The number of hydrogen-bond donors (Lipinski definition) is 3. The molecule has 0 spiro atoms. The third-order valence-electron chi connectivity index (χ3n) is 5.84. The fourth-order valence-corrected chi connectivity index (χ4v) is 4.43. The van der Waals surface area contributed by atoms with Crippen molar-refractivity contribution in [3.8, 4) is 28.4 Å². The molecule has 0 aliphatic carbocycles. The smallest absolute Gasteiger partial charge is 0.410 e. The van der Waals surface area contributed by atoms with Crippen molar-refractivity contribution in [3.05, 3.63) is 71.1 Å². The van der Waals surface area contributed by atoms with Crippen LogP contribution in [0, 0.1) is 4.77 Å². The quantitative estimate of drug-likeness (QED) is 0.237. The van der Waals surface area contributed by atoms with Gasteiger partial charge in [0.2, 0.25) is 0 Å². The monoisotopic (exact) mass is 518 g/mol. The van der Waals surface area contributed by atoms with Gasteiger partial charge in [0, 0.05) is 36.3 Å². The summed E-state index contributed by atoms with van der Waals surface area (Å²) < 4.78 is 13.7. The van der Waals surface area contributed by atoms with Crippen molar-refractivity contribution in [1.82, 2.24) is 20.2 Å². The van der Waals surface area contributed by atoms with Gasteiger partial charge >= 0.3 is 12.2 Å². The molecule has 0 atom stereocenters. The van der Waals surface area contributed by atoms with E-state index in [0.717, 1.165) is 22.0 Å². The molecule has 0 aliphatic heterocycles. The summed E-state index contributed by atoms with van der Waals surface area (Å²) in [4.78, 5) is 27.9. The first-order chi connectivity index (χ1) is 17.8. The van der Waals surface area contributed by atoms with Crippen molar-refractivity contribution in [1.29, 1.82) is 0 Å². The van der Waals surface area contributed by atoms with Crippen molar-refractivity contribution in [2.24, 2.45) is 0 Å². The van der Waals surface area contributed by atoms with E-state index >= 15 is 0 Å². The second-order valence-corrected chi connectivity index (χ2v) is 9.08. The number of carbonyl (C=O) groups excluding carboxylic acids is 2. The van der Waals surface area contributed by atoms with Crippen LogP contribution in [0.2, 0.25) is 0 Å². The lowest BCUT2D eigenvalue weighted by atomic mass is 9.97. The largest absolute Gasteiger partial charge is 0.412 e. The number of aromatic nitrogens is 2. The summed E-state index contributed by atoms with van der Waals surface area (Å²) in [6.45, 7) is 8.44. The van der Waals surface area contributed by atoms with E-state index in [1.165, 1.54) is 0 Å². The van der Waals surface area contributed by atoms with Crippen LogP contribution in [0.25, 0.3) is 27.7 Å². The number of amides is 2. The predicted molar refractivity (Wildman–Crippen MR) is 147 cm³/mol. The molecular formula is C28H30N4O4S. The van der Waals surface area contributed by atoms with Crippen molar-refractivity contribution in [3.63, 3.8) is 0 Å². The van der Waals surface area contributed by atoms with Gasteiger partial charge in [-0.15, -0.1) is 0 Å². The fourth-order valence-electron chi connectivity index (χ4n) is 4.17. The zero-order valence-electron chi connectivity index (χ0n) is 21.3. The number of fused-ring (bicyclic) bond motifs is 1. The number of nitrogens with zero attached hydrogens (tertiary/aromatic N) is 1. The number of aromatic amines is 1. The number of H-pyrrole nitrogens is 1.